The number of nitrogens with one attached hydrogen (secondary N) is 1. The highest BCUT2D eigenvalue weighted by atomic mass is 127. The van der Waals surface area contributed by atoms with Gasteiger partial charge in [-0.15, -0.1) is 24.0 Å². The Morgan fingerprint density at radius 3 is 2.32 bits per heavy atom. The normalized spacial score (nSPS) is 27.0. The largest absolute Gasteiger partial charge is 0.388 e. The molecule has 0 amide bonds. The maximum Gasteiger partial charge on any atom is 0.193 e. The third-order valence-corrected chi connectivity index (χ3v) is 5.97. The molecular formula is C17H32IN3O. The zero-order valence-electron chi connectivity index (χ0n) is 13.9. The van der Waals surface area contributed by atoms with Crippen molar-refractivity contribution in [1.82, 2.24) is 10.2 Å². The van der Waals surface area contributed by atoms with Crippen molar-refractivity contribution in [3.63, 3.8) is 0 Å². The number of hydrogen-bond acceptors (Lipinski definition) is 2. The number of rotatable bonds is 2. The molecule has 3 fully saturated rings. The topological polar surface area (TPSA) is 47.9 Å². The van der Waals surface area contributed by atoms with E-state index >= 15 is 0 Å². The van der Waals surface area contributed by atoms with E-state index < -0.39 is 5.60 Å². The Balaban J connectivity index is 0.00000176. The number of halogens is 1. The predicted molar refractivity (Wildman–Crippen MR) is 102 cm³/mol. The van der Waals surface area contributed by atoms with E-state index in [0.717, 1.165) is 44.7 Å². The van der Waals surface area contributed by atoms with Crippen LogP contribution >= 0.6 is 24.0 Å². The van der Waals surface area contributed by atoms with Crippen molar-refractivity contribution < 1.29 is 5.11 Å². The molecule has 1 aliphatic heterocycles. The monoisotopic (exact) mass is 421 g/mol. The average molecular weight is 421 g/mol. The summed E-state index contributed by atoms with van der Waals surface area (Å²) in [5, 5.41) is 13.9. The quantitative estimate of drug-likeness (QED) is 0.409. The first-order chi connectivity index (χ1) is 10.1. The van der Waals surface area contributed by atoms with Crippen LogP contribution in [0.3, 0.4) is 0 Å². The molecule has 3 aliphatic rings. The molecule has 2 saturated carbocycles. The third-order valence-electron chi connectivity index (χ3n) is 5.97. The Morgan fingerprint density at radius 2 is 1.68 bits per heavy atom. The second kappa shape index (κ2) is 7.69. The molecule has 0 aromatic heterocycles. The zero-order valence-corrected chi connectivity index (χ0v) is 16.3. The van der Waals surface area contributed by atoms with Crippen molar-refractivity contribution in [3.05, 3.63) is 0 Å². The van der Waals surface area contributed by atoms with Gasteiger partial charge in [0.25, 0.3) is 0 Å². The van der Waals surface area contributed by atoms with E-state index in [0.29, 0.717) is 12.0 Å². The molecule has 0 bridgehead atoms. The van der Waals surface area contributed by atoms with Crippen LogP contribution in [-0.2, 0) is 0 Å². The third kappa shape index (κ3) is 4.08. The van der Waals surface area contributed by atoms with Gasteiger partial charge in [0.1, 0.15) is 0 Å². The molecule has 2 N–H and O–H groups in total. The van der Waals surface area contributed by atoms with Gasteiger partial charge >= 0.3 is 0 Å². The Bertz CT molecular complexity index is 387. The number of hydrogen-bond donors (Lipinski definition) is 2. The standard InChI is InChI=1S/C17H31N3O.HI/c1-18-15(19-13-17(21)9-5-6-10-17)20-12-11-16(14-20)7-3-2-4-8-16;/h21H,2-14H2,1H3,(H,18,19);1H. The van der Waals surface area contributed by atoms with Gasteiger partial charge in [0.15, 0.2) is 5.96 Å². The van der Waals surface area contributed by atoms with Crippen LogP contribution in [0.2, 0.25) is 0 Å². The van der Waals surface area contributed by atoms with Crippen LogP contribution < -0.4 is 5.32 Å². The van der Waals surface area contributed by atoms with E-state index in [2.05, 4.69) is 15.2 Å². The van der Waals surface area contributed by atoms with Gasteiger partial charge in [-0.2, -0.15) is 0 Å². The molecule has 1 heterocycles. The van der Waals surface area contributed by atoms with Crippen LogP contribution in [-0.4, -0.2) is 48.2 Å². The van der Waals surface area contributed by atoms with Crippen molar-refractivity contribution in [1.29, 1.82) is 0 Å². The van der Waals surface area contributed by atoms with Gasteiger partial charge in [-0.3, -0.25) is 4.99 Å². The summed E-state index contributed by atoms with van der Waals surface area (Å²) in [6.07, 6.45) is 12.5. The Morgan fingerprint density at radius 1 is 1.05 bits per heavy atom. The average Bonchev–Trinajstić information content (AvgIpc) is 3.09. The number of likely N-dealkylation sites (tertiary alicyclic amines) is 1. The highest BCUT2D eigenvalue weighted by molar-refractivity contribution is 14.0. The van der Waals surface area contributed by atoms with E-state index in [4.69, 9.17) is 0 Å². The predicted octanol–water partition coefficient (Wildman–Crippen LogP) is 3.14. The molecule has 22 heavy (non-hydrogen) atoms. The fourth-order valence-corrected chi connectivity index (χ4v) is 4.61. The SMILES string of the molecule is CN=C(NCC1(O)CCCC1)N1CCC2(CCCCC2)C1.I. The lowest BCUT2D eigenvalue weighted by molar-refractivity contribution is 0.0516. The first-order valence-corrected chi connectivity index (χ1v) is 8.83. The van der Waals surface area contributed by atoms with Crippen LogP contribution in [0.25, 0.3) is 0 Å². The molecule has 0 radical (unpaired) electrons. The number of guanidine groups is 1. The Kier molecular flexibility index (Phi) is 6.39. The Hall–Kier alpha value is -0.0400. The smallest absolute Gasteiger partial charge is 0.193 e. The first-order valence-electron chi connectivity index (χ1n) is 8.83. The summed E-state index contributed by atoms with van der Waals surface area (Å²) in [5.41, 5.74) is 0.0539. The van der Waals surface area contributed by atoms with Gasteiger partial charge in [-0.25, -0.2) is 0 Å². The summed E-state index contributed by atoms with van der Waals surface area (Å²) in [6.45, 7) is 2.94. The number of aliphatic hydroxyl groups is 1. The minimum absolute atomic E-state index is 0. The molecular weight excluding hydrogens is 389 g/mol. The van der Waals surface area contributed by atoms with Gasteiger partial charge in [-0.1, -0.05) is 32.1 Å². The van der Waals surface area contributed by atoms with Crippen LogP contribution in [0.15, 0.2) is 4.99 Å². The van der Waals surface area contributed by atoms with Gasteiger partial charge in [0.2, 0.25) is 0 Å². The fourth-order valence-electron chi connectivity index (χ4n) is 4.61. The van der Waals surface area contributed by atoms with Crippen molar-refractivity contribution in [2.45, 2.75) is 69.8 Å². The molecule has 4 nitrogen and oxygen atoms in total. The molecule has 3 rings (SSSR count). The summed E-state index contributed by atoms with van der Waals surface area (Å²) in [7, 11) is 1.87. The van der Waals surface area contributed by atoms with Crippen molar-refractivity contribution in [3.8, 4) is 0 Å². The van der Waals surface area contributed by atoms with Gasteiger partial charge in [0, 0.05) is 26.7 Å². The van der Waals surface area contributed by atoms with E-state index in [1.54, 1.807) is 0 Å². The van der Waals surface area contributed by atoms with Gasteiger partial charge in [0.05, 0.1) is 5.60 Å². The molecule has 0 unspecified atom stereocenters. The van der Waals surface area contributed by atoms with Gasteiger partial charge in [-0.05, 0) is 37.5 Å². The molecule has 2 aliphatic carbocycles. The van der Waals surface area contributed by atoms with Crippen LogP contribution in [0, 0.1) is 5.41 Å². The van der Waals surface area contributed by atoms with Gasteiger partial charge < -0.3 is 15.3 Å². The molecule has 0 atom stereocenters. The van der Waals surface area contributed by atoms with Crippen molar-refractivity contribution in [2.24, 2.45) is 10.4 Å². The van der Waals surface area contributed by atoms with Crippen LogP contribution in [0.4, 0.5) is 0 Å². The van der Waals surface area contributed by atoms with E-state index in [1.807, 2.05) is 7.05 Å². The second-order valence-corrected chi connectivity index (χ2v) is 7.56. The lowest BCUT2D eigenvalue weighted by Gasteiger charge is -2.34. The number of nitrogens with zero attached hydrogens (tertiary/aromatic N) is 2. The van der Waals surface area contributed by atoms with Crippen LogP contribution in [0.5, 0.6) is 0 Å². The van der Waals surface area contributed by atoms with Crippen molar-refractivity contribution >= 4 is 29.9 Å². The highest BCUT2D eigenvalue weighted by Gasteiger charge is 2.40. The highest BCUT2D eigenvalue weighted by Crippen LogP contribution is 2.43. The second-order valence-electron chi connectivity index (χ2n) is 7.56. The minimum atomic E-state index is -0.502. The molecule has 128 valence electrons. The van der Waals surface area contributed by atoms with Crippen molar-refractivity contribution in [2.75, 3.05) is 26.7 Å². The lowest BCUT2D eigenvalue weighted by Crippen LogP contribution is -2.47. The zero-order chi connectivity index (χ0) is 14.8. The maximum absolute atomic E-state index is 10.5. The summed E-state index contributed by atoms with van der Waals surface area (Å²) in [5.74, 6) is 0.998. The molecule has 5 heteroatoms. The lowest BCUT2D eigenvalue weighted by atomic mass is 9.73. The minimum Gasteiger partial charge on any atom is -0.388 e. The molecule has 0 aromatic carbocycles. The fraction of sp³-hybridized carbons (Fsp3) is 0.941. The molecule has 1 saturated heterocycles. The summed E-state index contributed by atoms with van der Waals surface area (Å²) in [4.78, 5) is 6.88. The summed E-state index contributed by atoms with van der Waals surface area (Å²) in [6, 6.07) is 0. The van der Waals surface area contributed by atoms with E-state index in [9.17, 15) is 5.11 Å². The molecule has 0 aromatic rings. The Labute approximate surface area is 152 Å². The maximum atomic E-state index is 10.5. The van der Waals surface area contributed by atoms with E-state index in [1.165, 1.54) is 38.5 Å². The first kappa shape index (κ1) is 18.3. The van der Waals surface area contributed by atoms with E-state index in [-0.39, 0.29) is 24.0 Å². The number of aliphatic imine (C=N–C) groups is 1. The van der Waals surface area contributed by atoms with Crippen LogP contribution in [0.1, 0.15) is 64.2 Å². The molecule has 1 spiro atoms. The summed E-state index contributed by atoms with van der Waals surface area (Å²) < 4.78 is 0. The summed E-state index contributed by atoms with van der Waals surface area (Å²) >= 11 is 0.